The third-order valence-corrected chi connectivity index (χ3v) is 4.45. The van der Waals surface area contributed by atoms with Crippen molar-refractivity contribution in [2.45, 2.75) is 26.3 Å². The number of hydrogen-bond donors (Lipinski definition) is 1. The molecule has 1 aliphatic heterocycles. The van der Waals surface area contributed by atoms with E-state index in [0.29, 0.717) is 11.5 Å². The molecule has 0 amide bonds. The molecule has 1 aromatic rings. The highest BCUT2D eigenvalue weighted by Crippen LogP contribution is 2.31. The molecule has 1 fully saturated rings. The maximum Gasteiger partial charge on any atom is 0.0453 e. The molecule has 1 N–H and O–H groups in total. The number of halogens is 1. The summed E-state index contributed by atoms with van der Waals surface area (Å²) in [5.74, 6) is 0. The van der Waals surface area contributed by atoms with Gasteiger partial charge in [-0.25, -0.2) is 0 Å². The fourth-order valence-electron chi connectivity index (χ4n) is 2.79. The molecule has 1 saturated heterocycles. The van der Waals surface area contributed by atoms with E-state index in [0.717, 1.165) is 24.7 Å². The summed E-state index contributed by atoms with van der Waals surface area (Å²) in [4.78, 5) is 2.41. The average Bonchev–Trinajstić information content (AvgIpc) is 2.75. The molecule has 0 spiro atoms. The Morgan fingerprint density at radius 1 is 1.44 bits per heavy atom. The summed E-state index contributed by atoms with van der Waals surface area (Å²) < 4.78 is 0. The molecule has 3 heteroatoms. The average molecular weight is 267 g/mol. The largest absolute Gasteiger partial charge is 0.316 e. The highest BCUT2D eigenvalue weighted by Gasteiger charge is 2.31. The molecule has 1 aliphatic rings. The van der Waals surface area contributed by atoms with Gasteiger partial charge in [0.1, 0.15) is 0 Å². The molecule has 2 rings (SSSR count). The number of nitrogens with zero attached hydrogens (tertiary/aromatic N) is 1. The van der Waals surface area contributed by atoms with Gasteiger partial charge in [0.15, 0.2) is 0 Å². The minimum Gasteiger partial charge on any atom is -0.316 e. The first-order valence-electron chi connectivity index (χ1n) is 6.67. The normalized spacial score (nSPS) is 25.6. The minimum atomic E-state index is 0.358. The van der Waals surface area contributed by atoms with Crippen molar-refractivity contribution in [3.63, 3.8) is 0 Å². The van der Waals surface area contributed by atoms with Gasteiger partial charge >= 0.3 is 0 Å². The van der Waals surface area contributed by atoms with Crippen molar-refractivity contribution in [3.05, 3.63) is 34.9 Å². The summed E-state index contributed by atoms with van der Waals surface area (Å²) in [6.45, 7) is 7.96. The van der Waals surface area contributed by atoms with Crippen LogP contribution in [-0.4, -0.2) is 31.6 Å². The van der Waals surface area contributed by atoms with Crippen LogP contribution in [0.5, 0.6) is 0 Å². The molecule has 1 heterocycles. The smallest absolute Gasteiger partial charge is 0.0453 e. The highest BCUT2D eigenvalue weighted by molar-refractivity contribution is 6.31. The Balaban J connectivity index is 2.05. The van der Waals surface area contributed by atoms with Gasteiger partial charge in [-0.05, 0) is 44.0 Å². The summed E-state index contributed by atoms with van der Waals surface area (Å²) in [5, 5.41) is 4.32. The summed E-state index contributed by atoms with van der Waals surface area (Å²) in [6.07, 6.45) is 1.26. The molecular weight excluding hydrogens is 244 g/mol. The van der Waals surface area contributed by atoms with Crippen LogP contribution in [0.3, 0.4) is 0 Å². The van der Waals surface area contributed by atoms with Crippen LogP contribution >= 0.6 is 11.6 Å². The molecule has 100 valence electrons. The minimum absolute atomic E-state index is 0.358. The molecule has 2 unspecified atom stereocenters. The van der Waals surface area contributed by atoms with Crippen LogP contribution in [0.25, 0.3) is 0 Å². The summed E-state index contributed by atoms with van der Waals surface area (Å²) in [5.41, 5.74) is 1.61. The maximum absolute atomic E-state index is 6.28. The Kier molecular flexibility index (Phi) is 4.31. The summed E-state index contributed by atoms with van der Waals surface area (Å²) >= 11 is 6.28. The van der Waals surface area contributed by atoms with E-state index in [-0.39, 0.29) is 0 Å². The van der Waals surface area contributed by atoms with Gasteiger partial charge in [0.05, 0.1) is 0 Å². The monoisotopic (exact) mass is 266 g/mol. The molecule has 1 aromatic carbocycles. The number of nitrogens with one attached hydrogen (secondary N) is 1. The van der Waals surface area contributed by atoms with Crippen molar-refractivity contribution in [2.24, 2.45) is 5.41 Å². The molecule has 0 bridgehead atoms. The highest BCUT2D eigenvalue weighted by atomic mass is 35.5. The standard InChI is InChI=1S/C15H23ClN2/c1-12(13-6-4-5-7-14(13)16)18(3)11-15(2)8-9-17-10-15/h4-7,12,17H,8-11H2,1-3H3. The number of benzene rings is 1. The fourth-order valence-corrected chi connectivity index (χ4v) is 3.09. The molecule has 2 atom stereocenters. The molecule has 0 aromatic heterocycles. The van der Waals surface area contributed by atoms with Crippen LogP contribution in [0, 0.1) is 5.41 Å². The van der Waals surface area contributed by atoms with E-state index in [2.05, 4.69) is 43.2 Å². The van der Waals surface area contributed by atoms with Crippen molar-refractivity contribution < 1.29 is 0 Å². The lowest BCUT2D eigenvalue weighted by atomic mass is 9.88. The molecule has 18 heavy (non-hydrogen) atoms. The molecule has 2 nitrogen and oxygen atoms in total. The summed E-state index contributed by atoms with van der Waals surface area (Å²) in [7, 11) is 2.19. The zero-order valence-corrected chi connectivity index (χ0v) is 12.3. The van der Waals surface area contributed by atoms with Gasteiger partial charge in [-0.3, -0.25) is 4.90 Å². The fraction of sp³-hybridized carbons (Fsp3) is 0.600. The van der Waals surface area contributed by atoms with Crippen LogP contribution in [0.4, 0.5) is 0 Å². The first-order chi connectivity index (χ1) is 8.52. The van der Waals surface area contributed by atoms with Crippen molar-refractivity contribution in [2.75, 3.05) is 26.7 Å². The SMILES string of the molecule is CC(c1ccccc1Cl)N(C)CC1(C)CCNC1. The lowest BCUT2D eigenvalue weighted by Crippen LogP contribution is -2.36. The van der Waals surface area contributed by atoms with Crippen LogP contribution in [0.1, 0.15) is 31.9 Å². The molecule has 0 saturated carbocycles. The zero-order chi connectivity index (χ0) is 13.2. The lowest BCUT2D eigenvalue weighted by molar-refractivity contribution is 0.169. The van der Waals surface area contributed by atoms with E-state index < -0.39 is 0 Å². The van der Waals surface area contributed by atoms with E-state index in [9.17, 15) is 0 Å². The van der Waals surface area contributed by atoms with Gasteiger partial charge < -0.3 is 5.32 Å². The predicted molar refractivity (Wildman–Crippen MR) is 78.1 cm³/mol. The van der Waals surface area contributed by atoms with Gasteiger partial charge in [0.2, 0.25) is 0 Å². The zero-order valence-electron chi connectivity index (χ0n) is 11.5. The third kappa shape index (κ3) is 3.05. The van der Waals surface area contributed by atoms with Crippen LogP contribution in [0.15, 0.2) is 24.3 Å². The second-order valence-electron chi connectivity index (χ2n) is 5.85. The van der Waals surface area contributed by atoms with Crippen LogP contribution in [-0.2, 0) is 0 Å². The van der Waals surface area contributed by atoms with E-state index in [1.807, 2.05) is 12.1 Å². The first-order valence-corrected chi connectivity index (χ1v) is 7.05. The van der Waals surface area contributed by atoms with Gasteiger partial charge in [0.25, 0.3) is 0 Å². The van der Waals surface area contributed by atoms with E-state index in [1.54, 1.807) is 0 Å². The maximum atomic E-state index is 6.28. The first kappa shape index (κ1) is 13.9. The predicted octanol–water partition coefficient (Wildman–Crippen LogP) is 3.33. The van der Waals surface area contributed by atoms with Gasteiger partial charge in [-0.2, -0.15) is 0 Å². The Bertz CT molecular complexity index is 399. The van der Waals surface area contributed by atoms with Gasteiger partial charge in [0, 0.05) is 24.2 Å². The molecule has 0 aliphatic carbocycles. The third-order valence-electron chi connectivity index (χ3n) is 4.10. The van der Waals surface area contributed by atoms with E-state index in [1.165, 1.54) is 12.0 Å². The topological polar surface area (TPSA) is 15.3 Å². The second-order valence-corrected chi connectivity index (χ2v) is 6.26. The van der Waals surface area contributed by atoms with Crippen LogP contribution < -0.4 is 5.32 Å². The molecular formula is C15H23ClN2. The van der Waals surface area contributed by atoms with E-state index >= 15 is 0 Å². The van der Waals surface area contributed by atoms with Crippen molar-refractivity contribution in [1.29, 1.82) is 0 Å². The Morgan fingerprint density at radius 3 is 2.78 bits per heavy atom. The molecule has 0 radical (unpaired) electrons. The Morgan fingerprint density at radius 2 is 2.17 bits per heavy atom. The lowest BCUT2D eigenvalue weighted by Gasteiger charge is -2.33. The quantitative estimate of drug-likeness (QED) is 0.899. The van der Waals surface area contributed by atoms with Crippen LogP contribution in [0.2, 0.25) is 5.02 Å². The van der Waals surface area contributed by atoms with E-state index in [4.69, 9.17) is 11.6 Å². The van der Waals surface area contributed by atoms with Crippen molar-refractivity contribution >= 4 is 11.6 Å². The van der Waals surface area contributed by atoms with Crippen molar-refractivity contribution in [3.8, 4) is 0 Å². The number of hydrogen-bond acceptors (Lipinski definition) is 2. The van der Waals surface area contributed by atoms with Gasteiger partial charge in [-0.15, -0.1) is 0 Å². The summed E-state index contributed by atoms with van der Waals surface area (Å²) in [6, 6.07) is 8.50. The Labute approximate surface area is 115 Å². The van der Waals surface area contributed by atoms with Crippen molar-refractivity contribution in [1.82, 2.24) is 10.2 Å². The number of rotatable bonds is 4. The second kappa shape index (κ2) is 5.60. The Hall–Kier alpha value is -0.570. The van der Waals surface area contributed by atoms with Gasteiger partial charge in [-0.1, -0.05) is 36.7 Å².